The Morgan fingerprint density at radius 2 is 1.28 bits per heavy atom. The molecular formula is C27H34O2. The molecule has 0 N–H and O–H groups in total. The van der Waals surface area contributed by atoms with Crippen molar-refractivity contribution in [3.05, 3.63) is 71.8 Å². The first-order chi connectivity index (χ1) is 13.7. The number of carbonyl (C=O) groups excluding carboxylic acids is 2. The Morgan fingerprint density at radius 3 is 1.76 bits per heavy atom. The van der Waals surface area contributed by atoms with Gasteiger partial charge in [-0.3, -0.25) is 9.59 Å². The summed E-state index contributed by atoms with van der Waals surface area (Å²) < 4.78 is 0. The van der Waals surface area contributed by atoms with Crippen LogP contribution in [0, 0.1) is 28.6 Å². The third-order valence-corrected chi connectivity index (χ3v) is 7.69. The summed E-state index contributed by atoms with van der Waals surface area (Å²) in [5.74, 6) is 0.835. The minimum Gasteiger partial charge on any atom is -0.294 e. The maximum Gasteiger partial charge on any atom is 0.169 e. The molecule has 154 valence electrons. The molecule has 29 heavy (non-hydrogen) atoms. The Kier molecular flexibility index (Phi) is 6.12. The number of hydrogen-bond acceptors (Lipinski definition) is 2. The van der Waals surface area contributed by atoms with Crippen molar-refractivity contribution in [3.8, 4) is 0 Å². The lowest BCUT2D eigenvalue weighted by molar-refractivity contribution is -0.0197. The highest BCUT2D eigenvalue weighted by atomic mass is 16.1. The Hall–Kier alpha value is -2.22. The predicted octanol–water partition coefficient (Wildman–Crippen LogP) is 6.86. The SMILES string of the molecule is CC(C)C1(C(C)C)CCC(C)(C(=O)c2ccccc2)C(C(=O)c2ccccc2)C1. The molecule has 2 atom stereocenters. The van der Waals surface area contributed by atoms with Crippen LogP contribution < -0.4 is 0 Å². The lowest BCUT2D eigenvalue weighted by Gasteiger charge is -2.53. The largest absolute Gasteiger partial charge is 0.294 e. The average molecular weight is 391 g/mol. The molecule has 0 bridgehead atoms. The lowest BCUT2D eigenvalue weighted by atomic mass is 9.50. The molecule has 2 aromatic rings. The number of rotatable bonds is 6. The van der Waals surface area contributed by atoms with E-state index in [4.69, 9.17) is 0 Å². The van der Waals surface area contributed by atoms with Crippen molar-refractivity contribution < 1.29 is 9.59 Å². The zero-order valence-corrected chi connectivity index (χ0v) is 18.4. The highest BCUT2D eigenvalue weighted by Crippen LogP contribution is 2.57. The Balaban J connectivity index is 2.08. The van der Waals surface area contributed by atoms with E-state index in [0.29, 0.717) is 23.0 Å². The van der Waals surface area contributed by atoms with E-state index in [9.17, 15) is 9.59 Å². The summed E-state index contributed by atoms with van der Waals surface area (Å²) in [5.41, 5.74) is 0.822. The number of ketones is 2. The van der Waals surface area contributed by atoms with Crippen LogP contribution in [0.25, 0.3) is 0 Å². The Bertz CT molecular complexity index is 843. The van der Waals surface area contributed by atoms with Crippen molar-refractivity contribution >= 4 is 11.6 Å². The van der Waals surface area contributed by atoms with Gasteiger partial charge in [0.2, 0.25) is 0 Å². The Morgan fingerprint density at radius 1 is 0.793 bits per heavy atom. The van der Waals surface area contributed by atoms with E-state index in [0.717, 1.165) is 19.3 Å². The molecule has 1 saturated carbocycles. The summed E-state index contributed by atoms with van der Waals surface area (Å²) in [5, 5.41) is 0. The number of benzene rings is 2. The molecule has 0 heterocycles. The van der Waals surface area contributed by atoms with E-state index >= 15 is 0 Å². The quantitative estimate of drug-likeness (QED) is 0.505. The number of Topliss-reactive ketones (excluding diaryl/α,β-unsaturated/α-hetero) is 2. The van der Waals surface area contributed by atoms with E-state index in [2.05, 4.69) is 27.7 Å². The molecule has 2 aromatic carbocycles. The second-order valence-corrected chi connectivity index (χ2v) is 9.64. The first kappa shape index (κ1) is 21.5. The number of carbonyl (C=O) groups is 2. The molecular weight excluding hydrogens is 356 g/mol. The molecule has 0 amide bonds. The first-order valence-electron chi connectivity index (χ1n) is 10.9. The van der Waals surface area contributed by atoms with E-state index in [1.165, 1.54) is 0 Å². The molecule has 0 aromatic heterocycles. The maximum atomic E-state index is 13.7. The normalized spacial score (nSPS) is 23.9. The number of hydrogen-bond donors (Lipinski definition) is 0. The van der Waals surface area contributed by atoms with Crippen molar-refractivity contribution in [1.82, 2.24) is 0 Å². The van der Waals surface area contributed by atoms with Crippen LogP contribution in [0.4, 0.5) is 0 Å². The predicted molar refractivity (Wildman–Crippen MR) is 119 cm³/mol. The monoisotopic (exact) mass is 390 g/mol. The first-order valence-corrected chi connectivity index (χ1v) is 10.9. The summed E-state index contributed by atoms with van der Waals surface area (Å²) in [4.78, 5) is 27.4. The zero-order chi connectivity index (χ0) is 21.2. The van der Waals surface area contributed by atoms with Gasteiger partial charge in [-0.1, -0.05) is 95.3 Å². The van der Waals surface area contributed by atoms with Crippen LogP contribution in [0.2, 0.25) is 0 Å². The third kappa shape index (κ3) is 3.82. The molecule has 3 rings (SSSR count). The molecule has 2 heteroatoms. The second kappa shape index (κ2) is 8.26. The molecule has 1 aliphatic carbocycles. The molecule has 2 unspecified atom stereocenters. The van der Waals surface area contributed by atoms with Gasteiger partial charge in [0.1, 0.15) is 0 Å². The van der Waals surface area contributed by atoms with Crippen LogP contribution in [-0.4, -0.2) is 11.6 Å². The summed E-state index contributed by atoms with van der Waals surface area (Å²) in [6.45, 7) is 11.1. The van der Waals surface area contributed by atoms with E-state index < -0.39 is 5.41 Å². The molecule has 1 aliphatic rings. The van der Waals surface area contributed by atoms with E-state index in [-0.39, 0.29) is 22.9 Å². The fraction of sp³-hybridized carbons (Fsp3) is 0.481. The van der Waals surface area contributed by atoms with E-state index in [1.807, 2.05) is 67.6 Å². The molecule has 1 fully saturated rings. The van der Waals surface area contributed by atoms with E-state index in [1.54, 1.807) is 0 Å². The van der Waals surface area contributed by atoms with Crippen LogP contribution in [0.3, 0.4) is 0 Å². The maximum absolute atomic E-state index is 13.7. The van der Waals surface area contributed by atoms with Gasteiger partial charge in [0.05, 0.1) is 0 Å². The average Bonchev–Trinajstić information content (AvgIpc) is 2.74. The van der Waals surface area contributed by atoms with Gasteiger partial charge in [-0.05, 0) is 36.5 Å². The highest BCUT2D eigenvalue weighted by molar-refractivity contribution is 6.07. The van der Waals surface area contributed by atoms with Crippen molar-refractivity contribution in [1.29, 1.82) is 0 Å². The smallest absolute Gasteiger partial charge is 0.169 e. The van der Waals surface area contributed by atoms with Crippen molar-refractivity contribution in [2.45, 2.75) is 53.9 Å². The topological polar surface area (TPSA) is 34.1 Å². The van der Waals surface area contributed by atoms with Gasteiger partial charge >= 0.3 is 0 Å². The molecule has 0 radical (unpaired) electrons. The molecule has 2 nitrogen and oxygen atoms in total. The Labute approximate surface area is 175 Å². The minimum atomic E-state index is -0.679. The van der Waals surface area contributed by atoms with Gasteiger partial charge in [-0.15, -0.1) is 0 Å². The lowest BCUT2D eigenvalue weighted by Crippen LogP contribution is -2.51. The summed E-state index contributed by atoms with van der Waals surface area (Å²) in [7, 11) is 0. The molecule has 0 saturated heterocycles. The van der Waals surface area contributed by atoms with Crippen LogP contribution in [-0.2, 0) is 0 Å². The molecule has 0 aliphatic heterocycles. The van der Waals surface area contributed by atoms with Crippen molar-refractivity contribution in [3.63, 3.8) is 0 Å². The van der Waals surface area contributed by atoms with Gasteiger partial charge < -0.3 is 0 Å². The van der Waals surface area contributed by atoms with Gasteiger partial charge in [0.15, 0.2) is 11.6 Å². The highest BCUT2D eigenvalue weighted by Gasteiger charge is 2.54. The zero-order valence-electron chi connectivity index (χ0n) is 18.4. The van der Waals surface area contributed by atoms with Gasteiger partial charge in [-0.25, -0.2) is 0 Å². The van der Waals surface area contributed by atoms with Gasteiger partial charge in [0, 0.05) is 22.5 Å². The minimum absolute atomic E-state index is 0.0750. The van der Waals surface area contributed by atoms with Crippen molar-refractivity contribution in [2.75, 3.05) is 0 Å². The summed E-state index contributed by atoms with van der Waals surface area (Å²) in [6.07, 6.45) is 2.50. The van der Waals surface area contributed by atoms with Crippen LogP contribution >= 0.6 is 0 Å². The van der Waals surface area contributed by atoms with Gasteiger partial charge in [0.25, 0.3) is 0 Å². The van der Waals surface area contributed by atoms with Crippen LogP contribution in [0.1, 0.15) is 74.6 Å². The summed E-state index contributed by atoms with van der Waals surface area (Å²) in [6, 6.07) is 19.0. The second-order valence-electron chi connectivity index (χ2n) is 9.64. The molecule has 0 spiro atoms. The van der Waals surface area contributed by atoms with Crippen molar-refractivity contribution in [2.24, 2.45) is 28.6 Å². The fourth-order valence-corrected chi connectivity index (χ4v) is 5.47. The van der Waals surface area contributed by atoms with Crippen LogP contribution in [0.15, 0.2) is 60.7 Å². The standard InChI is InChI=1S/C27H34O2/c1-19(2)27(20(3)4)17-16-26(5,25(29)22-14-10-7-11-15-22)23(18-27)24(28)21-12-8-6-9-13-21/h6-15,19-20,23H,16-18H2,1-5H3. The van der Waals surface area contributed by atoms with Gasteiger partial charge in [-0.2, -0.15) is 0 Å². The summed E-state index contributed by atoms with van der Waals surface area (Å²) >= 11 is 0. The fourth-order valence-electron chi connectivity index (χ4n) is 5.47. The van der Waals surface area contributed by atoms with Crippen LogP contribution in [0.5, 0.6) is 0 Å². The third-order valence-electron chi connectivity index (χ3n) is 7.69.